The number of esters is 1. The number of carbonyl (C=O) groups is 2. The first-order valence-corrected chi connectivity index (χ1v) is 6.42. The molecule has 0 radical (unpaired) electrons. The van der Waals surface area contributed by atoms with Crippen molar-refractivity contribution in [3.8, 4) is 0 Å². The largest absolute Gasteiger partial charge is 0.469 e. The molecule has 0 heterocycles. The minimum absolute atomic E-state index is 0.0893. The van der Waals surface area contributed by atoms with Crippen LogP contribution in [0.4, 0.5) is 0 Å². The lowest BCUT2D eigenvalue weighted by molar-refractivity contribution is -0.140. The molecule has 2 rings (SSSR count). The van der Waals surface area contributed by atoms with Crippen LogP contribution in [0.15, 0.2) is 18.2 Å². The number of benzene rings is 1. The summed E-state index contributed by atoms with van der Waals surface area (Å²) in [4.78, 5) is 23.1. The van der Waals surface area contributed by atoms with E-state index in [9.17, 15) is 9.59 Å². The highest BCUT2D eigenvalue weighted by Gasteiger charge is 2.22. The Labute approximate surface area is 111 Å². The highest BCUT2D eigenvalue weighted by atomic mass is 35.5. The zero-order valence-corrected chi connectivity index (χ0v) is 11.0. The van der Waals surface area contributed by atoms with Crippen molar-refractivity contribution in [3.05, 3.63) is 34.9 Å². The Morgan fingerprint density at radius 2 is 2.06 bits per heavy atom. The Bertz CT molecular complexity index is 482. The number of methoxy groups -OCH3 is 1. The van der Waals surface area contributed by atoms with Crippen LogP contribution in [0, 0.1) is 0 Å². The molecule has 96 valence electrons. The number of ether oxygens (including phenoxy) is 1. The van der Waals surface area contributed by atoms with Gasteiger partial charge in [-0.25, -0.2) is 0 Å². The van der Waals surface area contributed by atoms with Gasteiger partial charge in [0.15, 0.2) is 5.78 Å². The maximum atomic E-state index is 12.1. The summed E-state index contributed by atoms with van der Waals surface area (Å²) in [7, 11) is 1.28. The summed E-state index contributed by atoms with van der Waals surface area (Å²) in [6, 6.07) is 5.67. The smallest absolute Gasteiger partial charge is 0.307 e. The normalized spacial score (nSPS) is 15.0. The quantitative estimate of drug-likeness (QED) is 0.478. The van der Waals surface area contributed by atoms with Crippen LogP contribution in [-0.4, -0.2) is 24.2 Å². The number of ketones is 1. The lowest BCUT2D eigenvalue weighted by atomic mass is 10.0. The molecule has 3 nitrogen and oxygen atoms in total. The van der Waals surface area contributed by atoms with Crippen molar-refractivity contribution >= 4 is 23.4 Å². The number of hydrogen-bond donors (Lipinski definition) is 0. The molecule has 1 aliphatic carbocycles. The number of rotatable bonds is 4. The second-order valence-electron chi connectivity index (χ2n) is 4.45. The number of carbonyl (C=O) groups excluding carboxylic acids is 2. The summed E-state index contributed by atoms with van der Waals surface area (Å²) in [5, 5.41) is -0.850. The van der Waals surface area contributed by atoms with Gasteiger partial charge in [-0.2, -0.15) is 0 Å². The predicted octanol–water partition coefficient (Wildman–Crippen LogP) is 2.53. The number of fused-ring (bicyclic) bond motifs is 1. The third-order valence-electron chi connectivity index (χ3n) is 3.24. The fourth-order valence-corrected chi connectivity index (χ4v) is 2.48. The predicted molar refractivity (Wildman–Crippen MR) is 69.1 cm³/mol. The van der Waals surface area contributed by atoms with Gasteiger partial charge in [0.05, 0.1) is 13.5 Å². The van der Waals surface area contributed by atoms with Crippen LogP contribution >= 0.6 is 11.6 Å². The van der Waals surface area contributed by atoms with Gasteiger partial charge in [-0.15, -0.1) is 11.6 Å². The maximum absolute atomic E-state index is 12.1. The van der Waals surface area contributed by atoms with Crippen molar-refractivity contribution in [3.63, 3.8) is 0 Å². The molecule has 4 heteroatoms. The monoisotopic (exact) mass is 266 g/mol. The van der Waals surface area contributed by atoms with E-state index in [0.29, 0.717) is 5.56 Å². The van der Waals surface area contributed by atoms with Gasteiger partial charge < -0.3 is 4.74 Å². The summed E-state index contributed by atoms with van der Waals surface area (Å²) in [6.07, 6.45) is 3.14. The minimum Gasteiger partial charge on any atom is -0.469 e. The average molecular weight is 267 g/mol. The molecule has 1 aromatic carbocycles. The first-order valence-electron chi connectivity index (χ1n) is 5.98. The van der Waals surface area contributed by atoms with Gasteiger partial charge in [-0.1, -0.05) is 12.1 Å². The summed E-state index contributed by atoms with van der Waals surface area (Å²) in [6.45, 7) is 0. The Hall–Kier alpha value is -1.35. The zero-order valence-electron chi connectivity index (χ0n) is 10.2. The number of hydrogen-bond acceptors (Lipinski definition) is 3. The van der Waals surface area contributed by atoms with Crippen LogP contribution in [0.25, 0.3) is 0 Å². The van der Waals surface area contributed by atoms with E-state index in [-0.39, 0.29) is 12.2 Å². The van der Waals surface area contributed by atoms with Crippen LogP contribution in [-0.2, 0) is 22.4 Å². The van der Waals surface area contributed by atoms with E-state index < -0.39 is 11.3 Å². The molecule has 1 unspecified atom stereocenters. The van der Waals surface area contributed by atoms with Crippen molar-refractivity contribution in [2.75, 3.05) is 7.11 Å². The van der Waals surface area contributed by atoms with E-state index in [1.54, 1.807) is 6.07 Å². The molecule has 0 saturated heterocycles. The molecule has 0 aliphatic heterocycles. The highest BCUT2D eigenvalue weighted by Crippen LogP contribution is 2.24. The topological polar surface area (TPSA) is 43.4 Å². The van der Waals surface area contributed by atoms with Gasteiger partial charge in [-0.05, 0) is 36.5 Å². The van der Waals surface area contributed by atoms with E-state index >= 15 is 0 Å². The van der Waals surface area contributed by atoms with Crippen molar-refractivity contribution in [1.29, 1.82) is 0 Å². The van der Waals surface area contributed by atoms with E-state index in [1.807, 2.05) is 12.1 Å². The molecule has 0 spiro atoms. The fraction of sp³-hybridized carbons (Fsp3) is 0.429. The first-order chi connectivity index (χ1) is 8.61. The van der Waals surface area contributed by atoms with Crippen LogP contribution < -0.4 is 0 Å². The third kappa shape index (κ3) is 2.72. The Kier molecular flexibility index (Phi) is 4.02. The van der Waals surface area contributed by atoms with Gasteiger partial charge in [-0.3, -0.25) is 9.59 Å². The second kappa shape index (κ2) is 5.53. The second-order valence-corrected chi connectivity index (χ2v) is 4.98. The molecular weight excluding hydrogens is 252 g/mol. The number of halogens is 1. The van der Waals surface area contributed by atoms with E-state index in [0.717, 1.165) is 19.3 Å². The number of aryl methyl sites for hydroxylation is 2. The Morgan fingerprint density at radius 3 is 2.78 bits per heavy atom. The maximum Gasteiger partial charge on any atom is 0.307 e. The van der Waals surface area contributed by atoms with Crippen molar-refractivity contribution < 1.29 is 14.3 Å². The summed E-state index contributed by atoms with van der Waals surface area (Å²) in [5.41, 5.74) is 3.12. The van der Waals surface area contributed by atoms with Crippen LogP contribution in [0.2, 0.25) is 0 Å². The molecular formula is C14H15ClO3. The van der Waals surface area contributed by atoms with Gasteiger partial charge in [0.25, 0.3) is 0 Å². The first kappa shape index (κ1) is 13.1. The summed E-state index contributed by atoms with van der Waals surface area (Å²) >= 11 is 5.94. The SMILES string of the molecule is COC(=O)CC(Cl)C(=O)c1ccc2c(c1)CCC2. The molecule has 1 aliphatic rings. The molecule has 0 amide bonds. The molecule has 18 heavy (non-hydrogen) atoms. The standard InChI is InChI=1S/C14H15ClO3/c1-18-13(16)8-12(15)14(17)11-6-5-9-3-2-4-10(9)7-11/h5-7,12H,2-4,8H2,1H3. The lowest BCUT2D eigenvalue weighted by Gasteiger charge is -2.08. The molecule has 0 fully saturated rings. The van der Waals surface area contributed by atoms with Gasteiger partial charge in [0.2, 0.25) is 0 Å². The van der Waals surface area contributed by atoms with Gasteiger partial charge in [0, 0.05) is 5.56 Å². The number of alkyl halides is 1. The molecule has 1 aromatic rings. The highest BCUT2D eigenvalue weighted by molar-refractivity contribution is 6.34. The van der Waals surface area contributed by atoms with E-state index in [1.165, 1.54) is 18.2 Å². The van der Waals surface area contributed by atoms with Crippen molar-refractivity contribution in [2.45, 2.75) is 31.1 Å². The Balaban J connectivity index is 2.11. The third-order valence-corrected chi connectivity index (χ3v) is 3.59. The summed E-state index contributed by atoms with van der Waals surface area (Å²) in [5.74, 6) is -0.679. The fourth-order valence-electron chi connectivity index (χ4n) is 2.23. The molecule has 1 atom stereocenters. The molecule has 0 saturated carbocycles. The molecule has 0 N–H and O–H groups in total. The average Bonchev–Trinajstić information content (AvgIpc) is 2.84. The van der Waals surface area contributed by atoms with E-state index in [2.05, 4.69) is 4.74 Å². The number of Topliss-reactive ketones (excluding diaryl/α,β-unsaturated/α-hetero) is 1. The van der Waals surface area contributed by atoms with E-state index in [4.69, 9.17) is 11.6 Å². The summed E-state index contributed by atoms with van der Waals surface area (Å²) < 4.78 is 4.51. The van der Waals surface area contributed by atoms with Crippen LogP contribution in [0.5, 0.6) is 0 Å². The van der Waals surface area contributed by atoms with Crippen LogP contribution in [0.1, 0.15) is 34.3 Å². The minimum atomic E-state index is -0.850. The van der Waals surface area contributed by atoms with Crippen molar-refractivity contribution in [1.82, 2.24) is 0 Å². The van der Waals surface area contributed by atoms with Crippen LogP contribution in [0.3, 0.4) is 0 Å². The van der Waals surface area contributed by atoms with Gasteiger partial charge >= 0.3 is 5.97 Å². The lowest BCUT2D eigenvalue weighted by Crippen LogP contribution is -2.19. The molecule has 0 bridgehead atoms. The van der Waals surface area contributed by atoms with Crippen molar-refractivity contribution in [2.24, 2.45) is 0 Å². The van der Waals surface area contributed by atoms with Gasteiger partial charge in [0.1, 0.15) is 5.38 Å². The zero-order chi connectivity index (χ0) is 13.1. The molecule has 0 aromatic heterocycles. The Morgan fingerprint density at radius 1 is 1.33 bits per heavy atom.